The Morgan fingerprint density at radius 2 is 1.64 bits per heavy atom. The van der Waals surface area contributed by atoms with Crippen molar-refractivity contribution in [1.82, 2.24) is 4.31 Å². The van der Waals surface area contributed by atoms with Gasteiger partial charge in [-0.15, -0.1) is 0 Å². The molecule has 0 aliphatic carbocycles. The van der Waals surface area contributed by atoms with Gasteiger partial charge in [0, 0.05) is 26.2 Å². The molecule has 1 aromatic rings. The molecule has 0 saturated carbocycles. The van der Waals surface area contributed by atoms with Crippen LogP contribution in [-0.2, 0) is 24.3 Å². The van der Waals surface area contributed by atoms with Crippen LogP contribution in [0.2, 0.25) is 0 Å². The number of rotatable bonds is 6. The Balaban J connectivity index is 1.92. The second-order valence-electron chi connectivity index (χ2n) is 6.99. The molecule has 0 radical (unpaired) electrons. The second-order valence-corrected chi connectivity index (χ2v) is 8.93. The third-order valence-corrected chi connectivity index (χ3v) is 7.03. The van der Waals surface area contributed by atoms with Crippen LogP contribution in [0.4, 0.5) is 5.69 Å². The van der Waals surface area contributed by atoms with Crippen molar-refractivity contribution in [3.8, 4) is 0 Å². The highest BCUT2D eigenvalue weighted by molar-refractivity contribution is 7.89. The van der Waals surface area contributed by atoms with Gasteiger partial charge < -0.3 is 14.4 Å². The number of methoxy groups -OCH3 is 1. The molecule has 8 nitrogen and oxygen atoms in total. The molecule has 0 unspecified atom stereocenters. The lowest BCUT2D eigenvalue weighted by Crippen LogP contribution is -2.35. The summed E-state index contributed by atoms with van der Waals surface area (Å²) >= 11 is 0. The molecule has 0 N–H and O–H groups in total. The van der Waals surface area contributed by atoms with Crippen molar-refractivity contribution in [3.63, 3.8) is 0 Å². The molecule has 2 fully saturated rings. The van der Waals surface area contributed by atoms with Crippen LogP contribution in [0, 0.1) is 0 Å². The number of esters is 2. The van der Waals surface area contributed by atoms with Gasteiger partial charge in [-0.1, -0.05) is 6.42 Å². The minimum absolute atomic E-state index is 0.0716. The largest absolute Gasteiger partial charge is 0.466 e. The van der Waals surface area contributed by atoms with E-state index in [1.165, 1.54) is 17.5 Å². The lowest BCUT2D eigenvalue weighted by molar-refractivity contribution is -0.144. The Hall–Kier alpha value is -2.13. The van der Waals surface area contributed by atoms with Crippen molar-refractivity contribution in [2.75, 3.05) is 44.8 Å². The fourth-order valence-corrected chi connectivity index (χ4v) is 5.13. The first-order chi connectivity index (χ1) is 13.4. The van der Waals surface area contributed by atoms with E-state index in [9.17, 15) is 18.0 Å². The zero-order valence-corrected chi connectivity index (χ0v) is 16.9. The monoisotopic (exact) mass is 410 g/mol. The van der Waals surface area contributed by atoms with Gasteiger partial charge >= 0.3 is 11.9 Å². The number of anilines is 1. The van der Waals surface area contributed by atoms with Gasteiger partial charge in [0.2, 0.25) is 10.0 Å². The van der Waals surface area contributed by atoms with Crippen molar-refractivity contribution in [3.05, 3.63) is 23.8 Å². The number of piperidine rings is 1. The van der Waals surface area contributed by atoms with E-state index in [1.807, 2.05) is 4.90 Å². The highest BCUT2D eigenvalue weighted by atomic mass is 32.2. The summed E-state index contributed by atoms with van der Waals surface area (Å²) in [6.07, 6.45) is 4.69. The van der Waals surface area contributed by atoms with Crippen molar-refractivity contribution >= 4 is 27.6 Å². The summed E-state index contributed by atoms with van der Waals surface area (Å²) < 4.78 is 37.0. The number of benzene rings is 1. The Bertz CT molecular complexity index is 827. The lowest BCUT2D eigenvalue weighted by Gasteiger charge is -2.27. The molecule has 2 aliphatic rings. The summed E-state index contributed by atoms with van der Waals surface area (Å²) in [7, 11) is -2.47. The standard InChI is InChI=1S/C19H26N2O6S/c1-26-18(22)14-27-19(23)16-13-15(7-8-17(16)20-9-5-6-10-20)28(24,25)21-11-3-2-4-12-21/h7-8,13H,2-6,9-12,14H2,1H3. The van der Waals surface area contributed by atoms with Crippen LogP contribution in [-0.4, -0.2) is 64.6 Å². The molecule has 0 atom stereocenters. The molecule has 1 aromatic carbocycles. The van der Waals surface area contributed by atoms with Gasteiger partial charge in [0.15, 0.2) is 6.61 Å². The molecular weight excluding hydrogens is 384 g/mol. The van der Waals surface area contributed by atoms with Gasteiger partial charge in [0.05, 0.1) is 23.3 Å². The van der Waals surface area contributed by atoms with Gasteiger partial charge in [-0.2, -0.15) is 4.31 Å². The fraction of sp³-hybridized carbons (Fsp3) is 0.579. The summed E-state index contributed by atoms with van der Waals surface area (Å²) in [6.45, 7) is 2.03. The summed E-state index contributed by atoms with van der Waals surface area (Å²) in [4.78, 5) is 26.0. The topological polar surface area (TPSA) is 93.2 Å². The normalized spacial score (nSPS) is 18.1. The second kappa shape index (κ2) is 8.91. The zero-order valence-electron chi connectivity index (χ0n) is 16.1. The number of ether oxygens (including phenoxy) is 2. The van der Waals surface area contributed by atoms with Crippen LogP contribution in [0.1, 0.15) is 42.5 Å². The smallest absolute Gasteiger partial charge is 0.344 e. The highest BCUT2D eigenvalue weighted by Crippen LogP contribution is 2.30. The maximum absolute atomic E-state index is 13.0. The van der Waals surface area contributed by atoms with E-state index in [4.69, 9.17) is 4.74 Å². The van der Waals surface area contributed by atoms with Crippen LogP contribution in [0.3, 0.4) is 0 Å². The van der Waals surface area contributed by atoms with Gasteiger partial charge in [-0.3, -0.25) is 0 Å². The molecule has 2 heterocycles. The molecule has 0 aromatic heterocycles. The van der Waals surface area contributed by atoms with Crippen molar-refractivity contribution in [2.24, 2.45) is 0 Å². The quantitative estimate of drug-likeness (QED) is 0.660. The molecule has 9 heteroatoms. The minimum atomic E-state index is -3.68. The highest BCUT2D eigenvalue weighted by Gasteiger charge is 2.29. The van der Waals surface area contributed by atoms with Gasteiger partial charge in [-0.05, 0) is 43.9 Å². The Labute approximate surface area is 165 Å². The molecule has 3 rings (SSSR count). The van der Waals surface area contributed by atoms with Crippen LogP contribution in [0.15, 0.2) is 23.1 Å². The van der Waals surface area contributed by atoms with Gasteiger partial charge in [-0.25, -0.2) is 18.0 Å². The van der Waals surface area contributed by atoms with E-state index in [0.717, 1.165) is 45.2 Å². The first-order valence-corrected chi connectivity index (χ1v) is 11.0. The van der Waals surface area contributed by atoms with Crippen LogP contribution >= 0.6 is 0 Å². The van der Waals surface area contributed by atoms with Crippen molar-refractivity contribution in [2.45, 2.75) is 37.0 Å². The molecule has 154 valence electrons. The summed E-state index contributed by atoms with van der Waals surface area (Å²) in [6, 6.07) is 4.59. The van der Waals surface area contributed by atoms with Gasteiger partial charge in [0.1, 0.15) is 0 Å². The average molecular weight is 410 g/mol. The van der Waals surface area contributed by atoms with E-state index in [2.05, 4.69) is 4.74 Å². The predicted molar refractivity (Wildman–Crippen MR) is 103 cm³/mol. The van der Waals surface area contributed by atoms with E-state index in [0.29, 0.717) is 18.8 Å². The fourth-order valence-electron chi connectivity index (χ4n) is 3.59. The van der Waals surface area contributed by atoms with Crippen LogP contribution < -0.4 is 4.90 Å². The average Bonchev–Trinajstić information content (AvgIpc) is 3.26. The van der Waals surface area contributed by atoms with Gasteiger partial charge in [0.25, 0.3) is 0 Å². The molecule has 28 heavy (non-hydrogen) atoms. The third-order valence-electron chi connectivity index (χ3n) is 5.14. The van der Waals surface area contributed by atoms with Crippen molar-refractivity contribution in [1.29, 1.82) is 0 Å². The first-order valence-electron chi connectivity index (χ1n) is 9.56. The third kappa shape index (κ3) is 4.47. The van der Waals surface area contributed by atoms with E-state index in [-0.39, 0.29) is 10.5 Å². The predicted octanol–water partition coefficient (Wildman–Crippen LogP) is 1.79. The molecule has 0 bridgehead atoms. The van der Waals surface area contributed by atoms with E-state index < -0.39 is 28.6 Å². The number of nitrogens with zero attached hydrogens (tertiary/aromatic N) is 2. The van der Waals surface area contributed by atoms with Crippen molar-refractivity contribution < 1.29 is 27.5 Å². The Kier molecular flexibility index (Phi) is 6.56. The SMILES string of the molecule is COC(=O)COC(=O)c1cc(S(=O)(=O)N2CCCCC2)ccc1N1CCCC1. The number of sulfonamides is 1. The van der Waals surface area contributed by atoms with Crippen LogP contribution in [0.5, 0.6) is 0 Å². The Morgan fingerprint density at radius 3 is 2.29 bits per heavy atom. The molecule has 2 saturated heterocycles. The number of carbonyl (C=O) groups is 2. The maximum Gasteiger partial charge on any atom is 0.344 e. The minimum Gasteiger partial charge on any atom is -0.466 e. The molecule has 0 spiro atoms. The van der Waals surface area contributed by atoms with E-state index >= 15 is 0 Å². The lowest BCUT2D eigenvalue weighted by atomic mass is 10.1. The Morgan fingerprint density at radius 1 is 1.00 bits per heavy atom. The molecule has 0 amide bonds. The maximum atomic E-state index is 13.0. The number of carbonyl (C=O) groups excluding carboxylic acids is 2. The molecular formula is C19H26N2O6S. The van der Waals surface area contributed by atoms with E-state index in [1.54, 1.807) is 12.1 Å². The number of hydrogen-bond donors (Lipinski definition) is 0. The summed E-state index contributed by atoms with van der Waals surface area (Å²) in [5.41, 5.74) is 0.786. The summed E-state index contributed by atoms with van der Waals surface area (Å²) in [5.74, 6) is -1.41. The van der Waals surface area contributed by atoms with Crippen LogP contribution in [0.25, 0.3) is 0 Å². The number of hydrogen-bond acceptors (Lipinski definition) is 7. The summed E-state index contributed by atoms with van der Waals surface area (Å²) in [5, 5.41) is 0. The zero-order chi connectivity index (χ0) is 20.1. The molecule has 2 aliphatic heterocycles. The first kappa shape index (κ1) is 20.6.